The number of nitrogens with one attached hydrogen (secondary N) is 1. The first-order valence-corrected chi connectivity index (χ1v) is 8.08. The number of carbonyl (C=O) groups is 1. The van der Waals surface area contributed by atoms with Crippen LogP contribution in [0.25, 0.3) is 11.4 Å². The molecule has 0 spiro atoms. The topological polar surface area (TPSA) is 116 Å². The van der Waals surface area contributed by atoms with E-state index in [4.69, 9.17) is 4.52 Å². The largest absolute Gasteiger partial charge is 0.354 e. The lowest BCUT2D eigenvalue weighted by molar-refractivity contribution is -0.121. The van der Waals surface area contributed by atoms with Crippen molar-refractivity contribution in [3.05, 3.63) is 58.1 Å². The average Bonchev–Trinajstić information content (AvgIpc) is 3.09. The van der Waals surface area contributed by atoms with Gasteiger partial charge in [0.25, 0.3) is 5.56 Å². The first-order valence-electron chi connectivity index (χ1n) is 8.08. The van der Waals surface area contributed by atoms with Gasteiger partial charge in [0, 0.05) is 37.0 Å². The molecule has 0 unspecified atom stereocenters. The Balaban J connectivity index is 1.52. The van der Waals surface area contributed by atoms with Crippen molar-refractivity contribution in [2.24, 2.45) is 0 Å². The quantitative estimate of drug-likeness (QED) is 0.691. The van der Waals surface area contributed by atoms with Crippen molar-refractivity contribution in [1.82, 2.24) is 30.2 Å². The maximum Gasteiger partial charge on any atom is 0.267 e. The second kappa shape index (κ2) is 7.68. The number of aromatic nitrogens is 5. The predicted octanol–water partition coefficient (Wildman–Crippen LogP) is 0.664. The molecule has 0 bridgehead atoms. The van der Waals surface area contributed by atoms with E-state index in [2.05, 4.69) is 25.5 Å². The number of hydrogen-bond acceptors (Lipinski definition) is 7. The van der Waals surface area contributed by atoms with Gasteiger partial charge in [0.05, 0.1) is 5.69 Å². The SMILES string of the molecule is Cc1cc(=O)n(CC(=O)NCCc2nc(-c3cccnc3)no2)nc1C. The van der Waals surface area contributed by atoms with Crippen molar-refractivity contribution >= 4 is 5.91 Å². The molecule has 0 aliphatic heterocycles. The van der Waals surface area contributed by atoms with Gasteiger partial charge in [-0.1, -0.05) is 5.16 Å². The summed E-state index contributed by atoms with van der Waals surface area (Å²) in [5.41, 5.74) is 1.96. The van der Waals surface area contributed by atoms with Crippen LogP contribution in [0.15, 0.2) is 39.9 Å². The van der Waals surface area contributed by atoms with E-state index in [1.165, 1.54) is 6.07 Å². The molecule has 0 radical (unpaired) electrons. The summed E-state index contributed by atoms with van der Waals surface area (Å²) in [5.74, 6) is 0.547. The average molecular weight is 354 g/mol. The normalized spacial score (nSPS) is 10.7. The Morgan fingerprint density at radius 2 is 2.19 bits per heavy atom. The van der Waals surface area contributed by atoms with Crippen molar-refractivity contribution in [3.63, 3.8) is 0 Å². The van der Waals surface area contributed by atoms with Gasteiger partial charge in [-0.15, -0.1) is 0 Å². The fourth-order valence-electron chi connectivity index (χ4n) is 2.26. The zero-order chi connectivity index (χ0) is 18.5. The first kappa shape index (κ1) is 17.5. The maximum absolute atomic E-state index is 12.0. The zero-order valence-corrected chi connectivity index (χ0v) is 14.5. The summed E-state index contributed by atoms with van der Waals surface area (Å²) < 4.78 is 6.30. The fraction of sp³-hybridized carbons (Fsp3) is 0.294. The Bertz CT molecular complexity index is 964. The Hall–Kier alpha value is -3.36. The minimum absolute atomic E-state index is 0.134. The maximum atomic E-state index is 12.0. The third kappa shape index (κ3) is 4.18. The molecule has 26 heavy (non-hydrogen) atoms. The minimum atomic E-state index is -0.310. The lowest BCUT2D eigenvalue weighted by atomic mass is 10.2. The van der Waals surface area contributed by atoms with E-state index in [0.717, 1.165) is 15.8 Å². The van der Waals surface area contributed by atoms with Gasteiger partial charge in [-0.2, -0.15) is 10.1 Å². The molecule has 0 aliphatic rings. The van der Waals surface area contributed by atoms with Crippen molar-refractivity contribution in [2.45, 2.75) is 26.8 Å². The standard InChI is InChI=1S/C17H18N6O3/c1-11-8-16(25)23(21-12(11)2)10-14(24)19-7-5-15-20-17(22-26-15)13-4-3-6-18-9-13/h3-4,6,8-9H,5,7,10H2,1-2H3,(H,19,24). The van der Waals surface area contributed by atoms with E-state index >= 15 is 0 Å². The lowest BCUT2D eigenvalue weighted by Crippen LogP contribution is -2.34. The van der Waals surface area contributed by atoms with Gasteiger partial charge < -0.3 is 9.84 Å². The highest BCUT2D eigenvalue weighted by molar-refractivity contribution is 5.75. The summed E-state index contributed by atoms with van der Waals surface area (Å²) in [7, 11) is 0. The third-order valence-corrected chi connectivity index (χ3v) is 3.78. The zero-order valence-electron chi connectivity index (χ0n) is 14.5. The van der Waals surface area contributed by atoms with Crippen molar-refractivity contribution < 1.29 is 9.32 Å². The fourth-order valence-corrected chi connectivity index (χ4v) is 2.26. The van der Waals surface area contributed by atoms with E-state index in [1.54, 1.807) is 32.3 Å². The van der Waals surface area contributed by atoms with E-state index in [9.17, 15) is 9.59 Å². The molecular formula is C17H18N6O3. The number of aryl methyl sites for hydroxylation is 2. The van der Waals surface area contributed by atoms with Crippen LogP contribution in [0.2, 0.25) is 0 Å². The van der Waals surface area contributed by atoms with Gasteiger partial charge in [0.15, 0.2) is 0 Å². The number of rotatable bonds is 6. The number of carbonyl (C=O) groups excluding carboxylic acids is 1. The molecule has 3 aromatic heterocycles. The van der Waals surface area contributed by atoms with Crippen molar-refractivity contribution in [3.8, 4) is 11.4 Å². The summed E-state index contributed by atoms with van der Waals surface area (Å²) in [6.07, 6.45) is 3.69. The summed E-state index contributed by atoms with van der Waals surface area (Å²) in [6, 6.07) is 5.08. The molecule has 9 nitrogen and oxygen atoms in total. The third-order valence-electron chi connectivity index (χ3n) is 3.78. The van der Waals surface area contributed by atoms with Crippen LogP contribution in [-0.4, -0.2) is 37.4 Å². The number of amides is 1. The second-order valence-corrected chi connectivity index (χ2v) is 5.76. The van der Waals surface area contributed by atoms with Crippen LogP contribution in [-0.2, 0) is 17.8 Å². The molecule has 134 valence electrons. The number of hydrogen-bond donors (Lipinski definition) is 1. The van der Waals surface area contributed by atoms with Crippen molar-refractivity contribution in [2.75, 3.05) is 6.54 Å². The molecule has 0 aromatic carbocycles. The van der Waals surface area contributed by atoms with E-state index in [1.807, 2.05) is 6.07 Å². The molecule has 3 heterocycles. The van der Waals surface area contributed by atoms with Crippen LogP contribution in [0.4, 0.5) is 0 Å². The summed E-state index contributed by atoms with van der Waals surface area (Å²) >= 11 is 0. The van der Waals surface area contributed by atoms with Gasteiger partial charge in [-0.3, -0.25) is 14.6 Å². The van der Waals surface area contributed by atoms with Crippen LogP contribution in [0.1, 0.15) is 17.1 Å². The Morgan fingerprint density at radius 1 is 1.35 bits per heavy atom. The molecule has 9 heteroatoms. The molecule has 1 amide bonds. The molecule has 0 saturated carbocycles. The molecule has 0 fully saturated rings. The smallest absolute Gasteiger partial charge is 0.267 e. The van der Waals surface area contributed by atoms with Crippen LogP contribution in [0.3, 0.4) is 0 Å². The Morgan fingerprint density at radius 3 is 2.96 bits per heavy atom. The summed E-state index contributed by atoms with van der Waals surface area (Å²) in [5, 5.41) is 10.7. The minimum Gasteiger partial charge on any atom is -0.354 e. The van der Waals surface area contributed by atoms with Gasteiger partial charge in [0.2, 0.25) is 17.6 Å². The molecule has 0 aliphatic carbocycles. The molecular weight excluding hydrogens is 336 g/mol. The van der Waals surface area contributed by atoms with E-state index in [-0.39, 0.29) is 18.0 Å². The van der Waals surface area contributed by atoms with Crippen LogP contribution >= 0.6 is 0 Å². The lowest BCUT2D eigenvalue weighted by Gasteiger charge is -2.07. The molecule has 3 aromatic rings. The van der Waals surface area contributed by atoms with Gasteiger partial charge >= 0.3 is 0 Å². The Kier molecular flexibility index (Phi) is 5.16. The number of pyridine rings is 1. The molecule has 0 atom stereocenters. The highest BCUT2D eigenvalue weighted by atomic mass is 16.5. The van der Waals surface area contributed by atoms with Gasteiger partial charge in [0.1, 0.15) is 6.54 Å². The highest BCUT2D eigenvalue weighted by Gasteiger charge is 2.10. The van der Waals surface area contributed by atoms with Gasteiger partial charge in [-0.25, -0.2) is 4.68 Å². The second-order valence-electron chi connectivity index (χ2n) is 5.76. The molecule has 0 saturated heterocycles. The predicted molar refractivity (Wildman–Crippen MR) is 92.2 cm³/mol. The Labute approximate surface area is 149 Å². The van der Waals surface area contributed by atoms with Crippen LogP contribution < -0.4 is 10.9 Å². The molecule has 3 rings (SSSR count). The first-order chi connectivity index (χ1) is 12.5. The summed E-state index contributed by atoms with van der Waals surface area (Å²) in [4.78, 5) is 32.1. The summed E-state index contributed by atoms with van der Waals surface area (Å²) in [6.45, 7) is 3.77. The highest BCUT2D eigenvalue weighted by Crippen LogP contribution is 2.13. The van der Waals surface area contributed by atoms with Crippen molar-refractivity contribution in [1.29, 1.82) is 0 Å². The van der Waals surface area contributed by atoms with Crippen LogP contribution in [0, 0.1) is 13.8 Å². The van der Waals surface area contributed by atoms with Crippen LogP contribution in [0.5, 0.6) is 0 Å². The monoisotopic (exact) mass is 354 g/mol. The van der Waals surface area contributed by atoms with Gasteiger partial charge in [-0.05, 0) is 31.5 Å². The molecule has 1 N–H and O–H groups in total. The van der Waals surface area contributed by atoms with E-state index in [0.29, 0.717) is 30.4 Å². The number of nitrogens with zero attached hydrogens (tertiary/aromatic N) is 5. The van der Waals surface area contributed by atoms with E-state index < -0.39 is 0 Å².